The van der Waals surface area contributed by atoms with E-state index in [0.29, 0.717) is 18.3 Å². The van der Waals surface area contributed by atoms with E-state index in [0.717, 1.165) is 16.7 Å². The Morgan fingerprint density at radius 1 is 1.23 bits per heavy atom. The number of nitrogens with zero attached hydrogens (tertiary/aromatic N) is 4. The van der Waals surface area contributed by atoms with Crippen LogP contribution in [0.5, 0.6) is 0 Å². The van der Waals surface area contributed by atoms with Crippen LogP contribution in [0, 0.1) is 0 Å². The number of halogens is 1. The first-order valence-corrected chi connectivity index (χ1v) is 10.3. The van der Waals surface area contributed by atoms with Crippen LogP contribution in [-0.2, 0) is 11.3 Å². The van der Waals surface area contributed by atoms with E-state index in [4.69, 9.17) is 4.52 Å². The lowest BCUT2D eigenvalue weighted by molar-refractivity contribution is -0.132. The third kappa shape index (κ3) is 4.64. The number of amides is 1. The molecule has 1 aromatic carbocycles. The molecule has 1 atom stereocenters. The van der Waals surface area contributed by atoms with E-state index in [2.05, 4.69) is 20.4 Å². The maximum atomic E-state index is 15.2. The van der Waals surface area contributed by atoms with Crippen molar-refractivity contribution in [3.05, 3.63) is 54.4 Å². The van der Waals surface area contributed by atoms with E-state index in [1.54, 1.807) is 24.5 Å². The summed E-state index contributed by atoms with van der Waals surface area (Å²) in [7, 11) is 0. The number of likely N-dealkylation sites (tertiary alicyclic amines) is 1. The molecule has 0 bridgehead atoms. The van der Waals surface area contributed by atoms with Crippen molar-refractivity contribution in [3.8, 4) is 22.8 Å². The average Bonchev–Trinajstić information content (AvgIpc) is 3.41. The molecule has 3 aromatic rings. The molecule has 162 valence electrons. The summed E-state index contributed by atoms with van der Waals surface area (Å²) in [5.74, 6) is 0.279. The summed E-state index contributed by atoms with van der Waals surface area (Å²) in [6.45, 7) is 6.99. The summed E-state index contributed by atoms with van der Waals surface area (Å²) in [5, 5.41) is 6.77. The molecule has 1 amide bonds. The largest absolute Gasteiger partial charge is 0.349 e. The molecule has 3 heterocycles. The van der Waals surface area contributed by atoms with Crippen molar-refractivity contribution in [1.82, 2.24) is 25.3 Å². The standard InChI is InChI=1S/C23H26FN5O2/c1-22(2,3)29-12-9-23(24,15-29)21(30)26-14-16-5-4-6-18(13-16)20-27-19(28-31-20)17-7-10-25-11-8-17/h4-8,10-11,13H,9,12,14-15H2,1-3H3,(H,26,30). The van der Waals surface area contributed by atoms with Gasteiger partial charge in [0.2, 0.25) is 11.5 Å². The molecule has 0 radical (unpaired) electrons. The predicted molar refractivity (Wildman–Crippen MR) is 115 cm³/mol. The van der Waals surface area contributed by atoms with Gasteiger partial charge in [-0.15, -0.1) is 0 Å². The van der Waals surface area contributed by atoms with Crippen LogP contribution in [0.25, 0.3) is 22.8 Å². The lowest BCUT2D eigenvalue weighted by atomic mass is 10.0. The van der Waals surface area contributed by atoms with Crippen molar-refractivity contribution in [2.24, 2.45) is 0 Å². The van der Waals surface area contributed by atoms with Crippen LogP contribution in [0.15, 0.2) is 53.3 Å². The van der Waals surface area contributed by atoms with Crippen LogP contribution in [0.3, 0.4) is 0 Å². The van der Waals surface area contributed by atoms with Crippen molar-refractivity contribution in [3.63, 3.8) is 0 Å². The third-order valence-electron chi connectivity index (χ3n) is 5.57. The lowest BCUT2D eigenvalue weighted by Crippen LogP contribution is -2.48. The number of hydrogen-bond donors (Lipinski definition) is 1. The third-order valence-corrected chi connectivity index (χ3v) is 5.57. The zero-order chi connectivity index (χ0) is 22.1. The maximum absolute atomic E-state index is 15.2. The quantitative estimate of drug-likeness (QED) is 0.675. The van der Waals surface area contributed by atoms with Crippen molar-refractivity contribution in [1.29, 1.82) is 0 Å². The number of alkyl halides is 1. The molecule has 1 unspecified atom stereocenters. The van der Waals surface area contributed by atoms with Gasteiger partial charge in [0.05, 0.1) is 0 Å². The topological polar surface area (TPSA) is 84.2 Å². The van der Waals surface area contributed by atoms with E-state index in [-0.39, 0.29) is 25.0 Å². The molecule has 4 rings (SSSR count). The molecule has 8 heteroatoms. The Hall–Kier alpha value is -3.13. The van der Waals surface area contributed by atoms with Crippen LogP contribution >= 0.6 is 0 Å². The van der Waals surface area contributed by atoms with E-state index in [9.17, 15) is 4.79 Å². The van der Waals surface area contributed by atoms with Gasteiger partial charge in [-0.1, -0.05) is 17.3 Å². The fourth-order valence-corrected chi connectivity index (χ4v) is 3.64. The lowest BCUT2D eigenvalue weighted by Gasteiger charge is -2.32. The smallest absolute Gasteiger partial charge is 0.259 e. The van der Waals surface area contributed by atoms with Crippen molar-refractivity contribution in [2.45, 2.75) is 44.9 Å². The summed E-state index contributed by atoms with van der Waals surface area (Å²) >= 11 is 0. The van der Waals surface area contributed by atoms with E-state index >= 15 is 4.39 Å². The van der Waals surface area contributed by atoms with Crippen LogP contribution in [-0.4, -0.2) is 50.2 Å². The first-order chi connectivity index (χ1) is 14.7. The van der Waals surface area contributed by atoms with Crippen molar-refractivity contribution >= 4 is 5.91 Å². The Morgan fingerprint density at radius 3 is 2.71 bits per heavy atom. The van der Waals surface area contributed by atoms with Gasteiger partial charge in [0, 0.05) is 55.1 Å². The molecule has 0 aliphatic carbocycles. The van der Waals surface area contributed by atoms with Crippen molar-refractivity contribution < 1.29 is 13.7 Å². The van der Waals surface area contributed by atoms with Gasteiger partial charge in [-0.2, -0.15) is 4.98 Å². The Morgan fingerprint density at radius 2 is 2.00 bits per heavy atom. The highest BCUT2D eigenvalue weighted by Crippen LogP contribution is 2.31. The minimum absolute atomic E-state index is 0.113. The van der Waals surface area contributed by atoms with Gasteiger partial charge in [0.1, 0.15) is 0 Å². The number of rotatable bonds is 5. The molecule has 1 N–H and O–H groups in total. The van der Waals surface area contributed by atoms with Gasteiger partial charge in [-0.05, 0) is 50.6 Å². The number of carbonyl (C=O) groups is 1. The molecule has 0 spiro atoms. The number of aromatic nitrogens is 3. The van der Waals surface area contributed by atoms with Crippen LogP contribution in [0.2, 0.25) is 0 Å². The van der Waals surface area contributed by atoms with E-state index in [1.807, 2.05) is 49.9 Å². The Kier molecular flexibility index (Phi) is 5.58. The molecule has 1 aliphatic heterocycles. The zero-order valence-corrected chi connectivity index (χ0v) is 17.9. The summed E-state index contributed by atoms with van der Waals surface area (Å²) in [6.07, 6.45) is 3.53. The van der Waals surface area contributed by atoms with Crippen LogP contribution in [0.4, 0.5) is 4.39 Å². The highest BCUT2D eigenvalue weighted by Gasteiger charge is 2.47. The number of pyridine rings is 1. The molecule has 1 aliphatic rings. The fourth-order valence-electron chi connectivity index (χ4n) is 3.64. The van der Waals surface area contributed by atoms with E-state index in [1.165, 1.54) is 0 Å². The normalized spacial score (nSPS) is 19.5. The maximum Gasteiger partial charge on any atom is 0.259 e. The van der Waals surface area contributed by atoms with Gasteiger partial charge in [-0.25, -0.2) is 4.39 Å². The predicted octanol–water partition coefficient (Wildman–Crippen LogP) is 3.63. The molecule has 1 saturated heterocycles. The summed E-state index contributed by atoms with van der Waals surface area (Å²) in [6, 6.07) is 11.0. The van der Waals surface area contributed by atoms with Crippen LogP contribution in [0.1, 0.15) is 32.8 Å². The second-order valence-electron chi connectivity index (χ2n) is 8.85. The average molecular weight is 423 g/mol. The molecular formula is C23H26FN5O2. The van der Waals surface area contributed by atoms with Gasteiger partial charge < -0.3 is 9.84 Å². The first kappa shape index (κ1) is 21.1. The number of carbonyl (C=O) groups excluding carboxylic acids is 1. The summed E-state index contributed by atoms with van der Waals surface area (Å²) in [4.78, 5) is 23.0. The Balaban J connectivity index is 1.42. The Bertz CT molecular complexity index is 1060. The van der Waals surface area contributed by atoms with Gasteiger partial charge >= 0.3 is 0 Å². The molecule has 31 heavy (non-hydrogen) atoms. The van der Waals surface area contributed by atoms with Gasteiger partial charge in [0.25, 0.3) is 11.8 Å². The number of benzene rings is 1. The Labute approximate surface area is 180 Å². The minimum Gasteiger partial charge on any atom is -0.349 e. The molecular weight excluding hydrogens is 397 g/mol. The van der Waals surface area contributed by atoms with Gasteiger partial charge in [-0.3, -0.25) is 14.7 Å². The van der Waals surface area contributed by atoms with Crippen LogP contribution < -0.4 is 5.32 Å². The number of hydrogen-bond acceptors (Lipinski definition) is 6. The summed E-state index contributed by atoms with van der Waals surface area (Å²) < 4.78 is 20.6. The molecule has 0 saturated carbocycles. The molecule has 2 aromatic heterocycles. The zero-order valence-electron chi connectivity index (χ0n) is 17.9. The molecule has 7 nitrogen and oxygen atoms in total. The minimum atomic E-state index is -1.86. The van der Waals surface area contributed by atoms with Crippen molar-refractivity contribution in [2.75, 3.05) is 13.1 Å². The number of nitrogens with one attached hydrogen (secondary N) is 1. The molecule has 1 fully saturated rings. The highest BCUT2D eigenvalue weighted by atomic mass is 19.1. The SMILES string of the molecule is CC(C)(C)N1CCC(F)(C(=O)NCc2cccc(-c3nc(-c4ccncc4)no3)c2)C1. The highest BCUT2D eigenvalue weighted by molar-refractivity contribution is 5.85. The second-order valence-corrected chi connectivity index (χ2v) is 8.85. The second kappa shape index (κ2) is 8.19. The fraction of sp³-hybridized carbons (Fsp3) is 0.391. The van der Waals surface area contributed by atoms with Gasteiger partial charge in [0.15, 0.2) is 0 Å². The summed E-state index contributed by atoms with van der Waals surface area (Å²) in [5.41, 5.74) is 0.332. The van der Waals surface area contributed by atoms with E-state index < -0.39 is 11.6 Å². The monoisotopic (exact) mass is 423 g/mol. The first-order valence-electron chi connectivity index (χ1n) is 10.3.